The van der Waals surface area contributed by atoms with Crippen molar-refractivity contribution >= 4 is 28.0 Å². The van der Waals surface area contributed by atoms with Crippen LogP contribution in [0.25, 0.3) is 28.1 Å². The zero-order valence-electron chi connectivity index (χ0n) is 21.8. The fraction of sp³-hybridized carbons (Fsp3) is 0.310. The molecule has 0 saturated carbocycles. The van der Waals surface area contributed by atoms with E-state index in [1.165, 1.54) is 11.3 Å². The van der Waals surface area contributed by atoms with Crippen molar-refractivity contribution in [2.45, 2.75) is 33.7 Å². The smallest absolute Gasteiger partial charge is 0.297 e. The Hall–Kier alpha value is -3.62. The summed E-state index contributed by atoms with van der Waals surface area (Å²) in [6.07, 6.45) is 0.973. The van der Waals surface area contributed by atoms with Crippen LogP contribution in [0.4, 0.5) is 5.69 Å². The lowest BCUT2D eigenvalue weighted by Crippen LogP contribution is -2.26. The van der Waals surface area contributed by atoms with Crippen molar-refractivity contribution in [2.24, 2.45) is 12.0 Å². The van der Waals surface area contributed by atoms with E-state index in [0.29, 0.717) is 5.69 Å². The molecule has 37 heavy (non-hydrogen) atoms. The number of benzene rings is 2. The maximum Gasteiger partial charge on any atom is 0.297 e. The number of nitrogens with zero attached hydrogens (tertiary/aromatic N) is 5. The third-order valence-corrected chi connectivity index (χ3v) is 7.82. The second kappa shape index (κ2) is 10.8. The first kappa shape index (κ1) is 25.0. The second-order valence-electron chi connectivity index (χ2n) is 9.11. The van der Waals surface area contributed by atoms with Crippen LogP contribution in [0.3, 0.4) is 0 Å². The molecule has 0 spiro atoms. The van der Waals surface area contributed by atoms with Crippen LogP contribution < -0.4 is 10.4 Å². The maximum atomic E-state index is 13.5. The summed E-state index contributed by atoms with van der Waals surface area (Å²) >= 11 is 1.54. The van der Waals surface area contributed by atoms with Crippen LogP contribution in [0.15, 0.2) is 80.2 Å². The number of aromatic nitrogens is 3. The number of rotatable bonds is 9. The molecule has 5 aromatic rings. The van der Waals surface area contributed by atoms with Gasteiger partial charge < -0.3 is 13.9 Å². The molecule has 0 fully saturated rings. The minimum atomic E-state index is -0.125. The van der Waals surface area contributed by atoms with Crippen LogP contribution in [0.2, 0.25) is 0 Å². The van der Waals surface area contributed by atoms with Gasteiger partial charge in [0.2, 0.25) is 0 Å². The van der Waals surface area contributed by atoms with Crippen LogP contribution >= 0.6 is 11.3 Å². The predicted molar refractivity (Wildman–Crippen MR) is 151 cm³/mol. The van der Waals surface area contributed by atoms with Crippen LogP contribution in [-0.2, 0) is 13.6 Å². The third kappa shape index (κ3) is 4.86. The molecule has 0 aliphatic rings. The molecule has 3 aromatic heterocycles. The quantitative estimate of drug-likeness (QED) is 0.252. The van der Waals surface area contributed by atoms with Crippen molar-refractivity contribution in [3.05, 3.63) is 86.9 Å². The molecule has 8 heteroatoms. The molecule has 5 rings (SSSR count). The number of hydrogen-bond donors (Lipinski definition) is 0. The van der Waals surface area contributed by atoms with Gasteiger partial charge in [-0.3, -0.25) is 9.48 Å². The molecule has 2 aromatic carbocycles. The summed E-state index contributed by atoms with van der Waals surface area (Å²) in [6, 6.07) is 19.8. The lowest BCUT2D eigenvalue weighted by Gasteiger charge is -2.18. The lowest BCUT2D eigenvalue weighted by molar-refractivity contribution is 0.293. The molecule has 192 valence electrons. The number of fused-ring (bicyclic) bond motifs is 1. The second-order valence-corrected chi connectivity index (χ2v) is 9.94. The van der Waals surface area contributed by atoms with Gasteiger partial charge in [0.25, 0.3) is 5.56 Å². The van der Waals surface area contributed by atoms with Crippen LogP contribution in [0, 0.1) is 6.92 Å². The number of para-hydroxylation sites is 2. The van der Waals surface area contributed by atoms with Crippen molar-refractivity contribution in [1.29, 1.82) is 0 Å². The minimum Gasteiger partial charge on any atom is -0.454 e. The fourth-order valence-corrected chi connectivity index (χ4v) is 5.63. The highest BCUT2D eigenvalue weighted by atomic mass is 32.1. The van der Waals surface area contributed by atoms with Gasteiger partial charge in [0.1, 0.15) is 5.58 Å². The summed E-state index contributed by atoms with van der Waals surface area (Å²) in [5.74, 6) is 0.813. The highest BCUT2D eigenvalue weighted by molar-refractivity contribution is 7.07. The van der Waals surface area contributed by atoms with Crippen molar-refractivity contribution in [3.63, 3.8) is 0 Å². The third-order valence-electron chi connectivity index (χ3n) is 6.96. The van der Waals surface area contributed by atoms with Gasteiger partial charge in [0.15, 0.2) is 16.2 Å². The highest BCUT2D eigenvalue weighted by Crippen LogP contribution is 2.28. The Bertz CT molecular complexity index is 1600. The average Bonchev–Trinajstić information content (AvgIpc) is 3.58. The first-order chi connectivity index (χ1) is 18.0. The summed E-state index contributed by atoms with van der Waals surface area (Å²) in [6.45, 7) is 10.2. The molecule has 0 aliphatic heterocycles. The fourth-order valence-electron chi connectivity index (χ4n) is 4.71. The summed E-state index contributed by atoms with van der Waals surface area (Å²) in [5, 5.41) is 3.16. The van der Waals surface area contributed by atoms with Gasteiger partial charge in [-0.05, 0) is 57.2 Å². The Morgan fingerprint density at radius 3 is 2.49 bits per heavy atom. The van der Waals surface area contributed by atoms with Crippen LogP contribution in [0.1, 0.15) is 26.0 Å². The number of furan rings is 1. The van der Waals surface area contributed by atoms with Gasteiger partial charge in [0.05, 0.1) is 17.1 Å². The Morgan fingerprint density at radius 2 is 1.76 bits per heavy atom. The van der Waals surface area contributed by atoms with Gasteiger partial charge >= 0.3 is 0 Å². The van der Waals surface area contributed by atoms with E-state index in [4.69, 9.17) is 9.41 Å². The van der Waals surface area contributed by atoms with E-state index in [-0.39, 0.29) is 5.56 Å². The van der Waals surface area contributed by atoms with E-state index < -0.39 is 0 Å². The van der Waals surface area contributed by atoms with E-state index in [9.17, 15) is 4.79 Å². The molecule has 0 aliphatic carbocycles. The molecule has 0 N–H and O–H groups in total. The first-order valence-corrected chi connectivity index (χ1v) is 13.7. The van der Waals surface area contributed by atoms with E-state index in [0.717, 1.165) is 71.2 Å². The van der Waals surface area contributed by atoms with Crippen molar-refractivity contribution in [2.75, 3.05) is 19.6 Å². The molecule has 3 heterocycles. The summed E-state index contributed by atoms with van der Waals surface area (Å²) in [5.41, 5.74) is 3.82. The summed E-state index contributed by atoms with van der Waals surface area (Å²) in [4.78, 5) is 21.7. The Kier molecular flexibility index (Phi) is 7.30. The van der Waals surface area contributed by atoms with Gasteiger partial charge in [-0.1, -0.05) is 50.2 Å². The maximum absolute atomic E-state index is 13.5. The van der Waals surface area contributed by atoms with Crippen LogP contribution in [-0.4, -0.2) is 38.5 Å². The monoisotopic (exact) mass is 515 g/mol. The Morgan fingerprint density at radius 1 is 1.03 bits per heavy atom. The zero-order valence-corrected chi connectivity index (χ0v) is 22.7. The molecule has 7 nitrogen and oxygen atoms in total. The lowest BCUT2D eigenvalue weighted by atomic mass is 10.2. The first-order valence-electron chi connectivity index (χ1n) is 12.8. The minimum absolute atomic E-state index is 0.125. The SMILES string of the molecule is CCN(CC)CCCn1c(-c2cc3ccccc3o2)csc1=Nc1c(C)n(C)n(-c2ccccc2)c1=O. The zero-order chi connectivity index (χ0) is 25.9. The summed E-state index contributed by atoms with van der Waals surface area (Å²) < 4.78 is 12.0. The molecule has 0 atom stereocenters. The van der Waals surface area contributed by atoms with E-state index in [1.807, 2.05) is 67.2 Å². The predicted octanol–water partition coefficient (Wildman–Crippen LogP) is 5.72. The molecule has 0 amide bonds. The van der Waals surface area contributed by atoms with Crippen molar-refractivity contribution in [1.82, 2.24) is 18.8 Å². The van der Waals surface area contributed by atoms with Gasteiger partial charge in [0, 0.05) is 24.4 Å². The standard InChI is InChI=1S/C29H33N5O2S/c1-5-32(6-2)17-12-18-33-24(26-19-22-13-10-11-16-25(22)36-26)20-37-29(33)30-27-21(3)31(4)34(28(27)35)23-14-8-7-9-15-23/h7-11,13-16,19-20H,5-6,12,17-18H2,1-4H3. The molecule has 0 bridgehead atoms. The summed E-state index contributed by atoms with van der Waals surface area (Å²) in [7, 11) is 1.90. The molecule has 0 saturated heterocycles. The largest absolute Gasteiger partial charge is 0.454 e. The Labute approximate surface area is 220 Å². The van der Waals surface area contributed by atoms with Crippen LogP contribution in [0.5, 0.6) is 0 Å². The van der Waals surface area contributed by atoms with E-state index in [1.54, 1.807) is 4.68 Å². The van der Waals surface area contributed by atoms with Gasteiger partial charge in [-0.25, -0.2) is 9.67 Å². The molecule has 0 radical (unpaired) electrons. The van der Waals surface area contributed by atoms with Crippen molar-refractivity contribution < 1.29 is 4.42 Å². The topological polar surface area (TPSA) is 60.6 Å². The molecular formula is C29H33N5O2S. The van der Waals surface area contributed by atoms with E-state index >= 15 is 0 Å². The normalized spacial score (nSPS) is 12.3. The van der Waals surface area contributed by atoms with Gasteiger partial charge in [-0.15, -0.1) is 11.3 Å². The van der Waals surface area contributed by atoms with Gasteiger partial charge in [-0.2, -0.15) is 0 Å². The number of hydrogen-bond acceptors (Lipinski definition) is 5. The van der Waals surface area contributed by atoms with Crippen molar-refractivity contribution in [3.8, 4) is 17.1 Å². The Balaban J connectivity index is 1.61. The highest BCUT2D eigenvalue weighted by Gasteiger charge is 2.18. The average molecular weight is 516 g/mol. The molecular weight excluding hydrogens is 482 g/mol. The molecule has 0 unspecified atom stereocenters. The van der Waals surface area contributed by atoms with E-state index in [2.05, 4.69) is 40.8 Å². The number of thiazole rings is 1.